The highest BCUT2D eigenvalue weighted by Gasteiger charge is 2.08. The molecule has 0 radical (unpaired) electrons. The highest BCUT2D eigenvalue weighted by molar-refractivity contribution is 5.80. The van der Waals surface area contributed by atoms with Gasteiger partial charge in [0.1, 0.15) is 0 Å². The molecule has 1 aromatic carbocycles. The summed E-state index contributed by atoms with van der Waals surface area (Å²) in [4.78, 5) is 0. The molecule has 1 N–H and O–H groups in total. The van der Waals surface area contributed by atoms with E-state index in [9.17, 15) is 0 Å². The lowest BCUT2D eigenvalue weighted by atomic mass is 9.92. The second kappa shape index (κ2) is 6.20. The van der Waals surface area contributed by atoms with Crippen molar-refractivity contribution in [3.05, 3.63) is 52.6 Å². The maximum absolute atomic E-state index is 8.66. The molecule has 94 valence electrons. The molecule has 0 spiro atoms. The number of allylic oxidation sites excluding steroid dienone is 3. The lowest BCUT2D eigenvalue weighted by Crippen LogP contribution is -1.99. The zero-order chi connectivity index (χ0) is 12.8. The van der Waals surface area contributed by atoms with Crippen LogP contribution in [-0.2, 0) is 0 Å². The second-order valence-corrected chi connectivity index (χ2v) is 4.75. The Morgan fingerprint density at radius 1 is 1.00 bits per heavy atom. The van der Waals surface area contributed by atoms with Gasteiger partial charge >= 0.3 is 0 Å². The minimum Gasteiger partial charge on any atom is -0.411 e. The molecule has 0 heterocycles. The summed E-state index contributed by atoms with van der Waals surface area (Å²) < 4.78 is 0. The summed E-state index contributed by atoms with van der Waals surface area (Å²) in [6.07, 6.45) is 10.3. The standard InChI is InChI=1S/C16H19NO/c1-13-6-8-14(9-7-13)10-11-15-4-2-3-5-16(15)12-17-18/h6-12,18H,2-5H2,1H3/b11-10+,17-12+. The molecule has 0 saturated carbocycles. The Balaban J connectivity index is 2.18. The first-order valence-electron chi connectivity index (χ1n) is 6.44. The first kappa shape index (κ1) is 12.6. The largest absolute Gasteiger partial charge is 0.411 e. The monoisotopic (exact) mass is 241 g/mol. The third-order valence-electron chi connectivity index (χ3n) is 3.32. The van der Waals surface area contributed by atoms with Gasteiger partial charge in [-0.3, -0.25) is 0 Å². The van der Waals surface area contributed by atoms with Crippen LogP contribution < -0.4 is 0 Å². The van der Waals surface area contributed by atoms with Crippen molar-refractivity contribution < 1.29 is 5.21 Å². The van der Waals surface area contributed by atoms with Crippen LogP contribution in [0, 0.1) is 6.92 Å². The molecule has 1 aliphatic rings. The Kier molecular flexibility index (Phi) is 4.35. The Bertz CT molecular complexity index is 480. The van der Waals surface area contributed by atoms with Gasteiger partial charge in [-0.2, -0.15) is 0 Å². The average molecular weight is 241 g/mol. The number of aryl methyl sites for hydroxylation is 1. The molecule has 0 amide bonds. The van der Waals surface area contributed by atoms with Gasteiger partial charge in [0.05, 0.1) is 6.21 Å². The van der Waals surface area contributed by atoms with Crippen LogP contribution in [0.25, 0.3) is 6.08 Å². The van der Waals surface area contributed by atoms with E-state index in [1.165, 1.54) is 29.5 Å². The summed E-state index contributed by atoms with van der Waals surface area (Å²) in [5.74, 6) is 0. The third-order valence-corrected chi connectivity index (χ3v) is 3.32. The van der Waals surface area contributed by atoms with Crippen molar-refractivity contribution in [2.45, 2.75) is 32.6 Å². The number of hydrogen-bond donors (Lipinski definition) is 1. The average Bonchev–Trinajstić information content (AvgIpc) is 2.40. The van der Waals surface area contributed by atoms with E-state index in [1.807, 2.05) is 0 Å². The smallest absolute Gasteiger partial charge is 0.0696 e. The number of benzene rings is 1. The van der Waals surface area contributed by atoms with Gasteiger partial charge < -0.3 is 5.21 Å². The van der Waals surface area contributed by atoms with Gasteiger partial charge in [0.15, 0.2) is 0 Å². The molecule has 0 atom stereocenters. The molecule has 2 nitrogen and oxygen atoms in total. The van der Waals surface area contributed by atoms with E-state index in [1.54, 1.807) is 6.21 Å². The van der Waals surface area contributed by atoms with Crippen molar-refractivity contribution >= 4 is 12.3 Å². The van der Waals surface area contributed by atoms with Crippen molar-refractivity contribution in [2.75, 3.05) is 0 Å². The van der Waals surface area contributed by atoms with E-state index in [0.29, 0.717) is 0 Å². The van der Waals surface area contributed by atoms with Gasteiger partial charge in [0.25, 0.3) is 0 Å². The van der Waals surface area contributed by atoms with E-state index in [-0.39, 0.29) is 0 Å². The predicted molar refractivity (Wildman–Crippen MR) is 76.0 cm³/mol. The van der Waals surface area contributed by atoms with E-state index < -0.39 is 0 Å². The van der Waals surface area contributed by atoms with E-state index >= 15 is 0 Å². The SMILES string of the molecule is Cc1ccc(/C=C/C2=C(/C=N/O)CCCC2)cc1. The Morgan fingerprint density at radius 2 is 1.67 bits per heavy atom. The minimum absolute atomic E-state index is 1.01. The van der Waals surface area contributed by atoms with Gasteiger partial charge in [0, 0.05) is 0 Å². The molecule has 18 heavy (non-hydrogen) atoms. The van der Waals surface area contributed by atoms with Crippen molar-refractivity contribution in [1.29, 1.82) is 0 Å². The van der Waals surface area contributed by atoms with Crippen molar-refractivity contribution in [1.82, 2.24) is 0 Å². The zero-order valence-electron chi connectivity index (χ0n) is 10.8. The number of oxime groups is 1. The molecule has 0 bridgehead atoms. The first-order chi connectivity index (χ1) is 8.79. The van der Waals surface area contributed by atoms with Crippen LogP contribution in [-0.4, -0.2) is 11.4 Å². The van der Waals surface area contributed by atoms with Crippen LogP contribution in [0.3, 0.4) is 0 Å². The molecule has 2 rings (SSSR count). The predicted octanol–water partition coefficient (Wildman–Crippen LogP) is 4.34. The van der Waals surface area contributed by atoms with Crippen LogP contribution in [0.4, 0.5) is 0 Å². The van der Waals surface area contributed by atoms with E-state index in [2.05, 4.69) is 48.5 Å². The summed E-state index contributed by atoms with van der Waals surface area (Å²) in [5.41, 5.74) is 4.93. The summed E-state index contributed by atoms with van der Waals surface area (Å²) in [6.45, 7) is 2.09. The highest BCUT2D eigenvalue weighted by atomic mass is 16.4. The number of hydrogen-bond acceptors (Lipinski definition) is 2. The fourth-order valence-electron chi connectivity index (χ4n) is 2.23. The van der Waals surface area contributed by atoms with Crippen LogP contribution in [0.15, 0.2) is 46.6 Å². The molecule has 1 aliphatic carbocycles. The zero-order valence-corrected chi connectivity index (χ0v) is 10.8. The minimum atomic E-state index is 1.01. The molecular weight excluding hydrogens is 222 g/mol. The summed E-state index contributed by atoms with van der Waals surface area (Å²) in [6, 6.07) is 8.47. The fraction of sp³-hybridized carbons (Fsp3) is 0.312. The fourth-order valence-corrected chi connectivity index (χ4v) is 2.23. The van der Waals surface area contributed by atoms with Crippen LogP contribution in [0.5, 0.6) is 0 Å². The number of nitrogens with zero attached hydrogens (tertiary/aromatic N) is 1. The molecule has 0 saturated heterocycles. The van der Waals surface area contributed by atoms with Crippen LogP contribution >= 0.6 is 0 Å². The topological polar surface area (TPSA) is 32.6 Å². The van der Waals surface area contributed by atoms with Crippen molar-refractivity contribution in [3.63, 3.8) is 0 Å². The first-order valence-corrected chi connectivity index (χ1v) is 6.44. The Morgan fingerprint density at radius 3 is 2.33 bits per heavy atom. The molecular formula is C16H19NO. The van der Waals surface area contributed by atoms with Crippen LogP contribution in [0.1, 0.15) is 36.8 Å². The number of rotatable bonds is 3. The van der Waals surface area contributed by atoms with Crippen molar-refractivity contribution in [2.24, 2.45) is 5.16 Å². The Hall–Kier alpha value is -1.83. The van der Waals surface area contributed by atoms with Crippen LogP contribution in [0.2, 0.25) is 0 Å². The van der Waals surface area contributed by atoms with Crippen molar-refractivity contribution in [3.8, 4) is 0 Å². The van der Waals surface area contributed by atoms with Gasteiger partial charge in [-0.25, -0.2) is 0 Å². The third kappa shape index (κ3) is 3.33. The molecule has 1 aromatic rings. The molecule has 0 aliphatic heterocycles. The lowest BCUT2D eigenvalue weighted by molar-refractivity contribution is 0.321. The van der Waals surface area contributed by atoms with E-state index in [4.69, 9.17) is 5.21 Å². The van der Waals surface area contributed by atoms with Gasteiger partial charge in [0.2, 0.25) is 0 Å². The molecule has 0 unspecified atom stereocenters. The maximum atomic E-state index is 8.66. The van der Waals surface area contributed by atoms with Gasteiger partial charge in [-0.1, -0.05) is 47.1 Å². The molecule has 2 heteroatoms. The molecule has 0 aromatic heterocycles. The lowest BCUT2D eigenvalue weighted by Gasteiger charge is -2.14. The van der Waals surface area contributed by atoms with E-state index in [0.717, 1.165) is 18.4 Å². The normalized spacial score (nSPS) is 16.9. The second-order valence-electron chi connectivity index (χ2n) is 4.75. The maximum Gasteiger partial charge on any atom is 0.0696 e. The van der Waals surface area contributed by atoms with Gasteiger partial charge in [-0.05, 0) is 49.3 Å². The summed E-state index contributed by atoms with van der Waals surface area (Å²) >= 11 is 0. The molecule has 0 fully saturated rings. The summed E-state index contributed by atoms with van der Waals surface area (Å²) in [7, 11) is 0. The summed E-state index contributed by atoms with van der Waals surface area (Å²) in [5, 5.41) is 11.8. The highest BCUT2D eigenvalue weighted by Crippen LogP contribution is 2.25. The quantitative estimate of drug-likeness (QED) is 0.476. The van der Waals surface area contributed by atoms with Gasteiger partial charge in [-0.15, -0.1) is 0 Å². The Labute approximate surface area is 108 Å².